The van der Waals surface area contributed by atoms with Gasteiger partial charge in [-0.25, -0.2) is 4.79 Å². The third kappa shape index (κ3) is 3.35. The topological polar surface area (TPSA) is 67.6 Å². The van der Waals surface area contributed by atoms with Crippen molar-refractivity contribution in [2.45, 2.75) is 25.3 Å². The first-order valence-electron chi connectivity index (χ1n) is 5.45. The monoisotopic (exact) mass is 215 g/mol. The predicted molar refractivity (Wildman–Crippen MR) is 58.7 cm³/mol. The Morgan fingerprint density at radius 2 is 2.13 bits per heavy atom. The molecule has 1 fully saturated rings. The molecule has 0 aromatic heterocycles. The highest BCUT2D eigenvalue weighted by molar-refractivity contribution is 5.68. The van der Waals surface area contributed by atoms with E-state index in [4.69, 9.17) is 10.5 Å². The van der Waals surface area contributed by atoms with Crippen LogP contribution in [0.25, 0.3) is 0 Å². The van der Waals surface area contributed by atoms with Crippen LogP contribution in [-0.4, -0.2) is 49.8 Å². The summed E-state index contributed by atoms with van der Waals surface area (Å²) in [5, 5.41) is 2.89. The largest absolute Gasteiger partial charge is 0.450 e. The Morgan fingerprint density at radius 3 is 2.60 bits per heavy atom. The van der Waals surface area contributed by atoms with Gasteiger partial charge in [0.2, 0.25) is 0 Å². The number of likely N-dealkylation sites (tertiary alicyclic amines) is 1. The molecule has 0 spiro atoms. The molecule has 0 saturated carbocycles. The van der Waals surface area contributed by atoms with Gasteiger partial charge in [-0.1, -0.05) is 0 Å². The summed E-state index contributed by atoms with van der Waals surface area (Å²) in [4.78, 5) is 13.6. The van der Waals surface area contributed by atoms with Crippen LogP contribution in [0.2, 0.25) is 0 Å². The number of carbonyl (C=O) groups is 1. The van der Waals surface area contributed by atoms with Gasteiger partial charge >= 0.3 is 6.09 Å². The lowest BCUT2D eigenvalue weighted by molar-refractivity contribution is 0.116. The normalized spacial score (nSPS) is 21.0. The molecule has 1 aliphatic rings. The SMILES string of the molecule is CCOC(=O)NC1(CN)CCN(C)CC1. The van der Waals surface area contributed by atoms with Gasteiger partial charge in [-0.3, -0.25) is 0 Å². The quantitative estimate of drug-likeness (QED) is 0.703. The fourth-order valence-corrected chi connectivity index (χ4v) is 1.81. The average Bonchev–Trinajstić information content (AvgIpc) is 2.22. The lowest BCUT2D eigenvalue weighted by atomic mass is 9.88. The Hall–Kier alpha value is -0.810. The molecule has 0 bridgehead atoms. The number of piperidine rings is 1. The summed E-state index contributed by atoms with van der Waals surface area (Å²) in [5.74, 6) is 0. The highest BCUT2D eigenvalue weighted by atomic mass is 16.5. The lowest BCUT2D eigenvalue weighted by Gasteiger charge is -2.40. The minimum absolute atomic E-state index is 0.265. The van der Waals surface area contributed by atoms with Gasteiger partial charge in [-0.2, -0.15) is 0 Å². The summed E-state index contributed by atoms with van der Waals surface area (Å²) in [6.45, 7) is 4.59. The molecule has 0 unspecified atom stereocenters. The number of carbonyl (C=O) groups excluding carboxylic acids is 1. The van der Waals surface area contributed by atoms with E-state index in [1.807, 2.05) is 0 Å². The van der Waals surface area contributed by atoms with E-state index in [0.717, 1.165) is 25.9 Å². The Morgan fingerprint density at radius 1 is 1.53 bits per heavy atom. The molecule has 0 atom stereocenters. The molecule has 1 rings (SSSR count). The second-order valence-electron chi connectivity index (χ2n) is 4.13. The summed E-state index contributed by atoms with van der Waals surface area (Å²) in [5.41, 5.74) is 5.47. The number of hydrogen-bond acceptors (Lipinski definition) is 4. The molecule has 5 nitrogen and oxygen atoms in total. The maximum atomic E-state index is 11.4. The average molecular weight is 215 g/mol. The second-order valence-corrected chi connectivity index (χ2v) is 4.13. The van der Waals surface area contributed by atoms with Gasteiger partial charge in [0, 0.05) is 19.6 Å². The molecule has 15 heavy (non-hydrogen) atoms. The fourth-order valence-electron chi connectivity index (χ4n) is 1.81. The van der Waals surface area contributed by atoms with Crippen molar-refractivity contribution in [1.82, 2.24) is 10.2 Å². The molecule has 1 amide bonds. The van der Waals surface area contributed by atoms with Crippen LogP contribution >= 0.6 is 0 Å². The number of hydrogen-bond donors (Lipinski definition) is 2. The first-order chi connectivity index (χ1) is 7.12. The van der Waals surface area contributed by atoms with Crippen molar-refractivity contribution in [3.8, 4) is 0 Å². The number of nitrogens with two attached hydrogens (primary N) is 1. The summed E-state index contributed by atoms with van der Waals surface area (Å²) in [6, 6.07) is 0. The zero-order valence-corrected chi connectivity index (χ0v) is 9.58. The summed E-state index contributed by atoms with van der Waals surface area (Å²) >= 11 is 0. The first kappa shape index (κ1) is 12.3. The fraction of sp³-hybridized carbons (Fsp3) is 0.900. The zero-order chi connectivity index (χ0) is 11.3. The minimum Gasteiger partial charge on any atom is -0.450 e. The van der Waals surface area contributed by atoms with Crippen LogP contribution in [0, 0.1) is 0 Å². The van der Waals surface area contributed by atoms with Crippen molar-refractivity contribution < 1.29 is 9.53 Å². The number of alkyl carbamates (subject to hydrolysis) is 1. The Labute approximate surface area is 90.9 Å². The molecular formula is C10H21N3O2. The number of rotatable bonds is 3. The van der Waals surface area contributed by atoms with Gasteiger partial charge in [-0.15, -0.1) is 0 Å². The number of ether oxygens (including phenoxy) is 1. The van der Waals surface area contributed by atoms with Crippen LogP contribution < -0.4 is 11.1 Å². The van der Waals surface area contributed by atoms with E-state index < -0.39 is 0 Å². The van der Waals surface area contributed by atoms with Gasteiger partial charge in [0.15, 0.2) is 0 Å². The van der Waals surface area contributed by atoms with Crippen molar-refractivity contribution in [2.75, 3.05) is 33.3 Å². The van der Waals surface area contributed by atoms with Gasteiger partial charge in [0.05, 0.1) is 12.1 Å². The van der Waals surface area contributed by atoms with Crippen LogP contribution in [0.4, 0.5) is 4.79 Å². The molecule has 5 heteroatoms. The minimum atomic E-state index is -0.354. The lowest BCUT2D eigenvalue weighted by Crippen LogP contribution is -2.58. The van der Waals surface area contributed by atoms with E-state index in [0.29, 0.717) is 13.2 Å². The third-order valence-electron chi connectivity index (χ3n) is 2.98. The molecule has 0 aliphatic carbocycles. The predicted octanol–water partition coefficient (Wildman–Crippen LogP) is 0.156. The maximum Gasteiger partial charge on any atom is 0.407 e. The molecule has 0 aromatic carbocycles. The van der Waals surface area contributed by atoms with Gasteiger partial charge in [0.25, 0.3) is 0 Å². The summed E-state index contributed by atoms with van der Waals surface area (Å²) in [7, 11) is 2.07. The van der Waals surface area contributed by atoms with E-state index >= 15 is 0 Å². The first-order valence-corrected chi connectivity index (χ1v) is 5.45. The zero-order valence-electron chi connectivity index (χ0n) is 9.58. The second kappa shape index (κ2) is 5.32. The Balaban J connectivity index is 2.49. The van der Waals surface area contributed by atoms with Crippen molar-refractivity contribution in [3.05, 3.63) is 0 Å². The molecule has 0 radical (unpaired) electrons. The van der Waals surface area contributed by atoms with E-state index in [9.17, 15) is 4.79 Å². The van der Waals surface area contributed by atoms with Crippen molar-refractivity contribution >= 4 is 6.09 Å². The standard InChI is InChI=1S/C10H21N3O2/c1-3-15-9(14)12-10(8-11)4-6-13(2)7-5-10/h3-8,11H2,1-2H3,(H,12,14). The van der Waals surface area contributed by atoms with Crippen molar-refractivity contribution in [3.63, 3.8) is 0 Å². The number of nitrogens with one attached hydrogen (secondary N) is 1. The Bertz CT molecular complexity index is 213. The molecule has 1 heterocycles. The van der Waals surface area contributed by atoms with Crippen LogP contribution in [0.1, 0.15) is 19.8 Å². The van der Waals surface area contributed by atoms with Crippen LogP contribution in [-0.2, 0) is 4.74 Å². The third-order valence-corrected chi connectivity index (χ3v) is 2.98. The van der Waals surface area contributed by atoms with Gasteiger partial charge < -0.3 is 20.7 Å². The maximum absolute atomic E-state index is 11.4. The smallest absolute Gasteiger partial charge is 0.407 e. The molecule has 1 saturated heterocycles. The van der Waals surface area contributed by atoms with Crippen LogP contribution in [0.15, 0.2) is 0 Å². The molecule has 1 aliphatic heterocycles. The van der Waals surface area contributed by atoms with Crippen molar-refractivity contribution in [1.29, 1.82) is 0 Å². The van der Waals surface area contributed by atoms with Crippen molar-refractivity contribution in [2.24, 2.45) is 5.73 Å². The Kier molecular flexibility index (Phi) is 4.35. The van der Waals surface area contributed by atoms with E-state index in [-0.39, 0.29) is 11.6 Å². The highest BCUT2D eigenvalue weighted by Gasteiger charge is 2.34. The van der Waals surface area contributed by atoms with E-state index in [2.05, 4.69) is 17.3 Å². The van der Waals surface area contributed by atoms with Gasteiger partial charge in [0.1, 0.15) is 0 Å². The van der Waals surface area contributed by atoms with Crippen LogP contribution in [0.3, 0.4) is 0 Å². The molecule has 3 N–H and O–H groups in total. The molecule has 88 valence electrons. The van der Waals surface area contributed by atoms with E-state index in [1.54, 1.807) is 6.92 Å². The number of amides is 1. The molecule has 0 aromatic rings. The van der Waals surface area contributed by atoms with Gasteiger partial charge in [-0.05, 0) is 26.8 Å². The van der Waals surface area contributed by atoms with E-state index in [1.165, 1.54) is 0 Å². The summed E-state index contributed by atoms with van der Waals surface area (Å²) < 4.78 is 4.88. The summed E-state index contributed by atoms with van der Waals surface area (Å²) in [6.07, 6.45) is 1.42. The molecular weight excluding hydrogens is 194 g/mol. The van der Waals surface area contributed by atoms with Crippen LogP contribution in [0.5, 0.6) is 0 Å². The number of nitrogens with zero attached hydrogens (tertiary/aromatic N) is 1. The highest BCUT2D eigenvalue weighted by Crippen LogP contribution is 2.20.